The van der Waals surface area contributed by atoms with Crippen LogP contribution in [0.4, 0.5) is 0 Å². The third kappa shape index (κ3) is 3.12. The Balaban J connectivity index is 2.50. The summed E-state index contributed by atoms with van der Waals surface area (Å²) in [7, 11) is 1.35. The highest BCUT2D eigenvalue weighted by Gasteiger charge is 2.08. The number of aromatic nitrogens is 3. The van der Waals surface area contributed by atoms with E-state index < -0.39 is 0 Å². The molecule has 0 amide bonds. The van der Waals surface area contributed by atoms with E-state index in [1.807, 2.05) is 6.92 Å². The Morgan fingerprint density at radius 3 is 3.00 bits per heavy atom. The van der Waals surface area contributed by atoms with E-state index >= 15 is 0 Å². The van der Waals surface area contributed by atoms with Gasteiger partial charge in [0.2, 0.25) is 0 Å². The van der Waals surface area contributed by atoms with Crippen molar-refractivity contribution in [1.82, 2.24) is 14.8 Å². The summed E-state index contributed by atoms with van der Waals surface area (Å²) in [5, 5.41) is 6.81. The van der Waals surface area contributed by atoms with Crippen LogP contribution in [0.15, 0.2) is 9.95 Å². The van der Waals surface area contributed by atoms with Gasteiger partial charge in [0, 0.05) is 12.3 Å². The van der Waals surface area contributed by atoms with E-state index in [1.165, 1.54) is 23.4 Å². The lowest BCUT2D eigenvalue weighted by atomic mass is 10.5. The van der Waals surface area contributed by atoms with Gasteiger partial charge in [-0.3, -0.25) is 9.36 Å². The lowest BCUT2D eigenvalue weighted by molar-refractivity contribution is -0.140. The minimum absolute atomic E-state index is 0.224. The SMILES string of the molecule is CCn1c(SCCC(=O)OC)n[nH]c1=O. The summed E-state index contributed by atoms with van der Waals surface area (Å²) in [4.78, 5) is 22.0. The quantitative estimate of drug-likeness (QED) is 0.580. The zero-order valence-electron chi connectivity index (χ0n) is 8.65. The van der Waals surface area contributed by atoms with Gasteiger partial charge in [0.25, 0.3) is 0 Å². The number of H-pyrrole nitrogens is 1. The fourth-order valence-corrected chi connectivity index (χ4v) is 1.95. The van der Waals surface area contributed by atoms with E-state index in [-0.39, 0.29) is 11.7 Å². The fraction of sp³-hybridized carbons (Fsp3) is 0.625. The molecule has 0 fully saturated rings. The number of hydrogen-bond donors (Lipinski definition) is 1. The topological polar surface area (TPSA) is 77.0 Å². The number of hydrogen-bond acceptors (Lipinski definition) is 5. The van der Waals surface area contributed by atoms with Crippen molar-refractivity contribution in [3.8, 4) is 0 Å². The van der Waals surface area contributed by atoms with Crippen molar-refractivity contribution in [2.75, 3.05) is 12.9 Å². The predicted octanol–water partition coefficient (Wildman–Crippen LogP) is 0.246. The van der Waals surface area contributed by atoms with Crippen LogP contribution in [-0.2, 0) is 16.1 Å². The predicted molar refractivity (Wildman–Crippen MR) is 55.9 cm³/mol. The van der Waals surface area contributed by atoms with Crippen molar-refractivity contribution < 1.29 is 9.53 Å². The van der Waals surface area contributed by atoms with Gasteiger partial charge in [0.1, 0.15) is 0 Å². The number of thioether (sulfide) groups is 1. The van der Waals surface area contributed by atoms with E-state index in [0.29, 0.717) is 23.9 Å². The van der Waals surface area contributed by atoms with E-state index in [4.69, 9.17) is 0 Å². The maximum absolute atomic E-state index is 11.2. The molecule has 15 heavy (non-hydrogen) atoms. The first-order valence-electron chi connectivity index (χ1n) is 4.53. The van der Waals surface area contributed by atoms with Crippen LogP contribution in [0.5, 0.6) is 0 Å². The summed E-state index contributed by atoms with van der Waals surface area (Å²) >= 11 is 1.36. The van der Waals surface area contributed by atoms with Crippen LogP contribution in [0.1, 0.15) is 13.3 Å². The molecule has 0 aliphatic carbocycles. The molecule has 1 aromatic rings. The largest absolute Gasteiger partial charge is 0.469 e. The Morgan fingerprint density at radius 2 is 2.40 bits per heavy atom. The summed E-state index contributed by atoms with van der Waals surface area (Å²) in [6.07, 6.45) is 0.311. The van der Waals surface area contributed by atoms with Gasteiger partial charge in [-0.2, -0.15) is 0 Å². The molecule has 7 heteroatoms. The second-order valence-corrected chi connectivity index (χ2v) is 3.79. The first-order chi connectivity index (χ1) is 7.19. The Hall–Kier alpha value is -1.24. The number of methoxy groups -OCH3 is 1. The van der Waals surface area contributed by atoms with Crippen LogP contribution in [-0.4, -0.2) is 33.6 Å². The molecule has 0 aliphatic heterocycles. The second-order valence-electron chi connectivity index (χ2n) is 2.73. The van der Waals surface area contributed by atoms with Crippen molar-refractivity contribution in [2.45, 2.75) is 25.0 Å². The molecule has 0 spiro atoms. The van der Waals surface area contributed by atoms with Crippen LogP contribution in [0.25, 0.3) is 0 Å². The Kier molecular flexibility index (Phi) is 4.41. The number of carbonyl (C=O) groups is 1. The third-order valence-corrected chi connectivity index (χ3v) is 2.78. The summed E-state index contributed by atoms with van der Waals surface area (Å²) in [6.45, 7) is 2.43. The number of ether oxygens (including phenoxy) is 1. The van der Waals surface area contributed by atoms with Gasteiger partial charge in [-0.05, 0) is 6.92 Å². The number of carbonyl (C=O) groups excluding carboxylic acids is 1. The lowest BCUT2D eigenvalue weighted by Gasteiger charge is -2.01. The highest BCUT2D eigenvalue weighted by molar-refractivity contribution is 7.99. The van der Waals surface area contributed by atoms with Gasteiger partial charge < -0.3 is 4.74 Å². The monoisotopic (exact) mass is 231 g/mol. The first-order valence-corrected chi connectivity index (χ1v) is 5.52. The van der Waals surface area contributed by atoms with Crippen LogP contribution in [0.3, 0.4) is 0 Å². The van der Waals surface area contributed by atoms with Gasteiger partial charge in [-0.15, -0.1) is 5.10 Å². The maximum atomic E-state index is 11.2. The molecule has 6 nitrogen and oxygen atoms in total. The van der Waals surface area contributed by atoms with Crippen molar-refractivity contribution in [3.63, 3.8) is 0 Å². The Bertz CT molecular complexity index is 385. The van der Waals surface area contributed by atoms with E-state index in [2.05, 4.69) is 14.9 Å². The summed E-state index contributed by atoms with van der Waals surface area (Å²) in [5.74, 6) is 0.292. The van der Waals surface area contributed by atoms with Gasteiger partial charge in [-0.25, -0.2) is 9.89 Å². The number of aromatic amines is 1. The molecular weight excluding hydrogens is 218 g/mol. The average molecular weight is 231 g/mol. The second kappa shape index (κ2) is 5.59. The summed E-state index contributed by atoms with van der Waals surface area (Å²) in [6, 6.07) is 0. The highest BCUT2D eigenvalue weighted by Crippen LogP contribution is 2.13. The molecular formula is C8H13N3O3S. The highest BCUT2D eigenvalue weighted by atomic mass is 32.2. The summed E-state index contributed by atoms with van der Waals surface area (Å²) in [5.41, 5.74) is -0.224. The normalized spacial score (nSPS) is 10.3. The van der Waals surface area contributed by atoms with Crippen LogP contribution < -0.4 is 5.69 Å². The maximum Gasteiger partial charge on any atom is 0.343 e. The first kappa shape index (κ1) is 11.8. The Morgan fingerprint density at radius 1 is 1.67 bits per heavy atom. The van der Waals surface area contributed by atoms with Crippen LogP contribution >= 0.6 is 11.8 Å². The van der Waals surface area contributed by atoms with Crippen LogP contribution in [0, 0.1) is 0 Å². The number of rotatable bonds is 5. The third-order valence-electron chi connectivity index (χ3n) is 1.80. The molecule has 84 valence electrons. The minimum Gasteiger partial charge on any atom is -0.469 e. The molecule has 1 heterocycles. The number of esters is 1. The molecule has 0 bridgehead atoms. The molecule has 1 aromatic heterocycles. The minimum atomic E-state index is -0.261. The van der Waals surface area contributed by atoms with Gasteiger partial charge in [0.05, 0.1) is 13.5 Å². The van der Waals surface area contributed by atoms with Crippen molar-refractivity contribution in [3.05, 3.63) is 10.5 Å². The van der Waals surface area contributed by atoms with E-state index in [9.17, 15) is 9.59 Å². The number of nitrogens with one attached hydrogen (secondary N) is 1. The molecule has 0 radical (unpaired) electrons. The molecule has 0 aliphatic rings. The zero-order chi connectivity index (χ0) is 11.3. The zero-order valence-corrected chi connectivity index (χ0v) is 9.47. The average Bonchev–Trinajstić information content (AvgIpc) is 2.59. The standard InChI is InChI=1S/C8H13N3O3S/c1-3-11-7(13)9-10-8(11)15-5-4-6(12)14-2/h3-5H2,1-2H3,(H,9,13). The summed E-state index contributed by atoms with van der Waals surface area (Å²) < 4.78 is 6.02. The molecule has 0 aromatic carbocycles. The fourth-order valence-electron chi connectivity index (χ4n) is 1.02. The molecule has 1 rings (SSSR count). The van der Waals surface area contributed by atoms with E-state index in [1.54, 1.807) is 0 Å². The Labute approximate surface area is 91.0 Å². The van der Waals surface area contributed by atoms with Gasteiger partial charge in [-0.1, -0.05) is 11.8 Å². The lowest BCUT2D eigenvalue weighted by Crippen LogP contribution is -2.16. The van der Waals surface area contributed by atoms with Crippen molar-refractivity contribution >= 4 is 17.7 Å². The van der Waals surface area contributed by atoms with Crippen molar-refractivity contribution in [2.24, 2.45) is 0 Å². The molecule has 0 unspecified atom stereocenters. The van der Waals surface area contributed by atoms with Crippen LogP contribution in [0.2, 0.25) is 0 Å². The van der Waals surface area contributed by atoms with E-state index in [0.717, 1.165) is 0 Å². The van der Waals surface area contributed by atoms with Crippen molar-refractivity contribution in [1.29, 1.82) is 0 Å². The molecule has 0 saturated heterocycles. The molecule has 1 N–H and O–H groups in total. The number of nitrogens with zero attached hydrogens (tertiary/aromatic N) is 2. The van der Waals surface area contributed by atoms with Gasteiger partial charge >= 0.3 is 11.7 Å². The molecule has 0 saturated carbocycles. The van der Waals surface area contributed by atoms with Gasteiger partial charge in [0.15, 0.2) is 5.16 Å². The smallest absolute Gasteiger partial charge is 0.343 e. The molecule has 0 atom stereocenters.